The number of benzene rings is 2. The Morgan fingerprint density at radius 3 is 2.71 bits per heavy atom. The molecule has 1 aliphatic carbocycles. The zero-order chi connectivity index (χ0) is 14.4. The Morgan fingerprint density at radius 1 is 1.10 bits per heavy atom. The summed E-state index contributed by atoms with van der Waals surface area (Å²) in [5.41, 5.74) is 5.09. The number of hydrogen-bond donors (Lipinski definition) is 1. The molecule has 3 atom stereocenters. The monoisotopic (exact) mass is 279 g/mol. The van der Waals surface area contributed by atoms with E-state index in [-0.39, 0.29) is 11.9 Å². The minimum atomic E-state index is -0.174. The number of fused-ring (bicyclic) bond motifs is 3. The van der Waals surface area contributed by atoms with Crippen LogP contribution in [0.1, 0.15) is 35.1 Å². The maximum Gasteiger partial charge on any atom is 0.123 e. The number of hydrogen-bond acceptors (Lipinski definition) is 1. The molecule has 1 nitrogen and oxygen atoms in total. The van der Waals surface area contributed by atoms with E-state index in [0.717, 1.165) is 6.42 Å². The Morgan fingerprint density at radius 2 is 1.90 bits per heavy atom. The van der Waals surface area contributed by atoms with Crippen molar-refractivity contribution in [1.82, 2.24) is 0 Å². The van der Waals surface area contributed by atoms with E-state index in [9.17, 15) is 4.39 Å². The summed E-state index contributed by atoms with van der Waals surface area (Å²) in [6.45, 7) is 2.15. The molecule has 2 aromatic carbocycles. The van der Waals surface area contributed by atoms with Crippen molar-refractivity contribution in [3.05, 3.63) is 77.1 Å². The molecule has 1 heterocycles. The Kier molecular flexibility index (Phi) is 2.85. The molecular formula is C19H18FN. The third-order valence-electron chi connectivity index (χ3n) is 4.83. The SMILES string of the molecule is Cc1cccc2c1N[C@H](c1ccc(F)cc1)[C@@H]1CC=C[C@@H]21. The molecule has 0 saturated heterocycles. The van der Waals surface area contributed by atoms with E-state index in [1.165, 1.54) is 22.4 Å². The fourth-order valence-electron chi connectivity index (χ4n) is 3.78. The summed E-state index contributed by atoms with van der Waals surface area (Å²) in [5, 5.41) is 3.71. The first-order chi connectivity index (χ1) is 10.2. The maximum absolute atomic E-state index is 13.2. The van der Waals surface area contributed by atoms with Gasteiger partial charge in [0.1, 0.15) is 5.82 Å². The highest BCUT2D eigenvalue weighted by molar-refractivity contribution is 5.63. The third-order valence-corrected chi connectivity index (χ3v) is 4.83. The highest BCUT2D eigenvalue weighted by Gasteiger charge is 2.38. The van der Waals surface area contributed by atoms with Gasteiger partial charge in [0.15, 0.2) is 0 Å². The lowest BCUT2D eigenvalue weighted by molar-refractivity contribution is 0.425. The van der Waals surface area contributed by atoms with Crippen molar-refractivity contribution in [2.45, 2.75) is 25.3 Å². The van der Waals surface area contributed by atoms with Crippen molar-refractivity contribution in [3.8, 4) is 0 Å². The first-order valence-electron chi connectivity index (χ1n) is 7.52. The molecule has 4 rings (SSSR count). The molecular weight excluding hydrogens is 261 g/mol. The lowest BCUT2D eigenvalue weighted by Gasteiger charge is -2.38. The Balaban J connectivity index is 1.81. The number of halogens is 1. The minimum Gasteiger partial charge on any atom is -0.377 e. The van der Waals surface area contributed by atoms with Crippen LogP contribution in [0.25, 0.3) is 0 Å². The molecule has 0 spiro atoms. The van der Waals surface area contributed by atoms with Gasteiger partial charge < -0.3 is 5.32 Å². The molecule has 0 amide bonds. The average molecular weight is 279 g/mol. The normalized spacial score (nSPS) is 26.1. The van der Waals surface area contributed by atoms with E-state index in [4.69, 9.17) is 0 Å². The predicted octanol–water partition coefficient (Wildman–Crippen LogP) is 4.96. The van der Waals surface area contributed by atoms with Gasteiger partial charge in [0.05, 0.1) is 6.04 Å². The molecule has 1 aliphatic heterocycles. The molecule has 21 heavy (non-hydrogen) atoms. The van der Waals surface area contributed by atoms with Gasteiger partial charge in [0.25, 0.3) is 0 Å². The molecule has 0 bridgehead atoms. The molecule has 106 valence electrons. The second-order valence-electron chi connectivity index (χ2n) is 6.07. The van der Waals surface area contributed by atoms with E-state index in [1.54, 1.807) is 12.1 Å². The number of allylic oxidation sites excluding steroid dienone is 2. The van der Waals surface area contributed by atoms with E-state index >= 15 is 0 Å². The molecule has 0 aromatic heterocycles. The number of nitrogens with one attached hydrogen (secondary N) is 1. The highest BCUT2D eigenvalue weighted by Crippen LogP contribution is 2.50. The van der Waals surface area contributed by atoms with Crippen LogP contribution in [0.2, 0.25) is 0 Å². The van der Waals surface area contributed by atoms with Gasteiger partial charge in [-0.1, -0.05) is 42.5 Å². The largest absolute Gasteiger partial charge is 0.377 e. The summed E-state index contributed by atoms with van der Waals surface area (Å²) < 4.78 is 13.2. The fraction of sp³-hybridized carbons (Fsp3) is 0.263. The Labute approximate surface area is 124 Å². The molecule has 2 heteroatoms. The fourth-order valence-corrected chi connectivity index (χ4v) is 3.78. The van der Waals surface area contributed by atoms with Crippen molar-refractivity contribution in [1.29, 1.82) is 0 Å². The van der Waals surface area contributed by atoms with Gasteiger partial charge in [0.2, 0.25) is 0 Å². The van der Waals surface area contributed by atoms with Crippen LogP contribution in [0.3, 0.4) is 0 Å². The zero-order valence-corrected chi connectivity index (χ0v) is 12.0. The number of anilines is 1. The average Bonchev–Trinajstić information content (AvgIpc) is 2.98. The summed E-state index contributed by atoms with van der Waals surface area (Å²) >= 11 is 0. The molecule has 0 unspecified atom stereocenters. The van der Waals surface area contributed by atoms with E-state index in [0.29, 0.717) is 11.8 Å². The van der Waals surface area contributed by atoms with Crippen molar-refractivity contribution in [2.75, 3.05) is 5.32 Å². The van der Waals surface area contributed by atoms with Gasteiger partial charge in [-0.05, 0) is 48.1 Å². The zero-order valence-electron chi connectivity index (χ0n) is 12.0. The van der Waals surface area contributed by atoms with Gasteiger partial charge in [0, 0.05) is 11.6 Å². The van der Waals surface area contributed by atoms with E-state index in [2.05, 4.69) is 42.6 Å². The first-order valence-corrected chi connectivity index (χ1v) is 7.52. The summed E-state index contributed by atoms with van der Waals surface area (Å²) in [6, 6.07) is 13.7. The molecule has 0 saturated carbocycles. The van der Waals surface area contributed by atoms with Crippen LogP contribution in [0.4, 0.5) is 10.1 Å². The third kappa shape index (κ3) is 1.98. The standard InChI is InChI=1S/C19H18FN/c1-12-4-2-6-16-15-5-3-7-17(15)19(21-18(12)16)13-8-10-14(20)11-9-13/h2-6,8-11,15,17,19,21H,7H2,1H3/t15-,17+,19+/m0/s1. The second kappa shape index (κ2) is 4.73. The topological polar surface area (TPSA) is 12.0 Å². The van der Waals surface area contributed by atoms with Crippen LogP contribution in [0, 0.1) is 18.7 Å². The summed E-state index contributed by atoms with van der Waals surface area (Å²) in [7, 11) is 0. The van der Waals surface area contributed by atoms with Gasteiger partial charge >= 0.3 is 0 Å². The first kappa shape index (κ1) is 12.6. The molecule has 0 fully saturated rings. The smallest absolute Gasteiger partial charge is 0.123 e. The van der Waals surface area contributed by atoms with Crippen molar-refractivity contribution >= 4 is 5.69 Å². The molecule has 0 radical (unpaired) electrons. The molecule has 2 aromatic rings. The summed E-state index contributed by atoms with van der Waals surface area (Å²) in [6.07, 6.45) is 5.69. The molecule has 2 aliphatic rings. The molecule has 1 N–H and O–H groups in total. The van der Waals surface area contributed by atoms with Crippen LogP contribution >= 0.6 is 0 Å². The van der Waals surface area contributed by atoms with Gasteiger partial charge in [-0.25, -0.2) is 4.39 Å². The van der Waals surface area contributed by atoms with Crippen molar-refractivity contribution in [3.63, 3.8) is 0 Å². The van der Waals surface area contributed by atoms with Gasteiger partial charge in [-0.15, -0.1) is 0 Å². The maximum atomic E-state index is 13.2. The van der Waals surface area contributed by atoms with Crippen LogP contribution in [-0.2, 0) is 0 Å². The van der Waals surface area contributed by atoms with E-state index < -0.39 is 0 Å². The lowest BCUT2D eigenvalue weighted by atomic mass is 9.76. The van der Waals surface area contributed by atoms with E-state index in [1.807, 2.05) is 12.1 Å². The summed E-state index contributed by atoms with van der Waals surface area (Å²) in [5.74, 6) is 0.813. The Hall–Kier alpha value is -2.09. The predicted molar refractivity (Wildman–Crippen MR) is 83.9 cm³/mol. The van der Waals surface area contributed by atoms with Crippen molar-refractivity contribution < 1.29 is 4.39 Å². The summed E-state index contributed by atoms with van der Waals surface area (Å²) in [4.78, 5) is 0. The van der Waals surface area contributed by atoms with Gasteiger partial charge in [-0.3, -0.25) is 0 Å². The number of para-hydroxylation sites is 1. The second-order valence-corrected chi connectivity index (χ2v) is 6.07. The van der Waals surface area contributed by atoms with Gasteiger partial charge in [-0.2, -0.15) is 0 Å². The van der Waals surface area contributed by atoms with Crippen molar-refractivity contribution in [2.24, 2.45) is 5.92 Å². The number of rotatable bonds is 1. The minimum absolute atomic E-state index is 0.174. The van der Waals surface area contributed by atoms with Crippen LogP contribution in [-0.4, -0.2) is 0 Å². The highest BCUT2D eigenvalue weighted by atomic mass is 19.1. The van der Waals surface area contributed by atoms with Crippen LogP contribution < -0.4 is 5.32 Å². The lowest BCUT2D eigenvalue weighted by Crippen LogP contribution is -2.29. The van der Waals surface area contributed by atoms with Crippen LogP contribution in [0.15, 0.2) is 54.6 Å². The Bertz CT molecular complexity index is 702. The number of aryl methyl sites for hydroxylation is 1. The quantitative estimate of drug-likeness (QED) is 0.727. The van der Waals surface area contributed by atoms with Crippen LogP contribution in [0.5, 0.6) is 0 Å².